The van der Waals surface area contributed by atoms with Crippen molar-refractivity contribution >= 4 is 5.96 Å². The van der Waals surface area contributed by atoms with Crippen LogP contribution < -0.4 is 10.6 Å². The fraction of sp³-hybridized carbons (Fsp3) is 0.789. The molecule has 1 aromatic heterocycles. The molecule has 0 bridgehead atoms. The van der Waals surface area contributed by atoms with Crippen LogP contribution >= 0.6 is 0 Å². The zero-order valence-electron chi connectivity index (χ0n) is 16.7. The van der Waals surface area contributed by atoms with Crippen molar-refractivity contribution in [1.82, 2.24) is 25.3 Å². The fourth-order valence-electron chi connectivity index (χ4n) is 3.59. The summed E-state index contributed by atoms with van der Waals surface area (Å²) in [7, 11) is 3.85. The minimum atomic E-state index is 0.311. The van der Waals surface area contributed by atoms with Gasteiger partial charge in [-0.1, -0.05) is 12.8 Å². The van der Waals surface area contributed by atoms with Crippen LogP contribution in [0.4, 0.5) is 0 Å². The zero-order valence-corrected chi connectivity index (χ0v) is 16.7. The molecule has 2 N–H and O–H groups in total. The van der Waals surface area contributed by atoms with E-state index in [1.165, 1.54) is 50.0 Å². The summed E-state index contributed by atoms with van der Waals surface area (Å²) in [6.07, 6.45) is 6.41. The maximum atomic E-state index is 4.51. The summed E-state index contributed by atoms with van der Waals surface area (Å²) in [6.45, 7) is 10.9. The van der Waals surface area contributed by atoms with Crippen LogP contribution in [0.3, 0.4) is 0 Å². The van der Waals surface area contributed by atoms with Crippen molar-refractivity contribution in [3.8, 4) is 0 Å². The van der Waals surface area contributed by atoms with E-state index in [0.29, 0.717) is 6.04 Å². The number of likely N-dealkylation sites (tertiary alicyclic amines) is 1. The first-order chi connectivity index (χ1) is 12.0. The van der Waals surface area contributed by atoms with E-state index in [9.17, 15) is 0 Å². The fourth-order valence-corrected chi connectivity index (χ4v) is 3.59. The minimum absolute atomic E-state index is 0.311. The van der Waals surface area contributed by atoms with E-state index in [4.69, 9.17) is 0 Å². The quantitative estimate of drug-likeness (QED) is 0.610. The molecular formula is C19H36N6. The summed E-state index contributed by atoms with van der Waals surface area (Å²) in [5.41, 5.74) is 3.70. The Morgan fingerprint density at radius 2 is 1.88 bits per heavy atom. The molecule has 1 aliphatic rings. The van der Waals surface area contributed by atoms with Crippen LogP contribution in [0.1, 0.15) is 49.6 Å². The summed E-state index contributed by atoms with van der Waals surface area (Å²) < 4.78 is 1.96. The normalized spacial score (nSPS) is 18.0. The Balaban J connectivity index is 1.76. The van der Waals surface area contributed by atoms with Crippen molar-refractivity contribution < 1.29 is 0 Å². The van der Waals surface area contributed by atoms with Crippen molar-refractivity contribution in [3.05, 3.63) is 17.0 Å². The predicted molar refractivity (Wildman–Crippen MR) is 105 cm³/mol. The van der Waals surface area contributed by atoms with Gasteiger partial charge in [-0.2, -0.15) is 5.10 Å². The molecular weight excluding hydrogens is 312 g/mol. The van der Waals surface area contributed by atoms with Gasteiger partial charge in [-0.25, -0.2) is 0 Å². The highest BCUT2D eigenvalue weighted by Gasteiger charge is 2.14. The second kappa shape index (κ2) is 9.80. The van der Waals surface area contributed by atoms with Crippen molar-refractivity contribution in [2.45, 2.75) is 58.9 Å². The van der Waals surface area contributed by atoms with Gasteiger partial charge in [-0.15, -0.1) is 0 Å². The van der Waals surface area contributed by atoms with E-state index < -0.39 is 0 Å². The molecule has 6 nitrogen and oxygen atoms in total. The summed E-state index contributed by atoms with van der Waals surface area (Å²) in [5.74, 6) is 0.890. The predicted octanol–water partition coefficient (Wildman–Crippen LogP) is 2.01. The Morgan fingerprint density at radius 3 is 2.44 bits per heavy atom. The van der Waals surface area contributed by atoms with Crippen LogP contribution in [0, 0.1) is 13.8 Å². The Morgan fingerprint density at radius 1 is 1.20 bits per heavy atom. The Bertz CT molecular complexity index is 555. The second-order valence-corrected chi connectivity index (χ2v) is 7.28. The topological polar surface area (TPSA) is 57.5 Å². The third kappa shape index (κ3) is 6.03. The molecule has 0 spiro atoms. The van der Waals surface area contributed by atoms with Crippen LogP contribution in [0.25, 0.3) is 0 Å². The highest BCUT2D eigenvalue weighted by molar-refractivity contribution is 5.79. The number of nitrogens with one attached hydrogen (secondary N) is 2. The Kier molecular flexibility index (Phi) is 7.75. The van der Waals surface area contributed by atoms with Gasteiger partial charge >= 0.3 is 0 Å². The van der Waals surface area contributed by atoms with Gasteiger partial charge in [0.1, 0.15) is 0 Å². The molecule has 1 aliphatic heterocycles. The SMILES string of the molecule is CN=C(NCCN1CCCCCC1)NC(C)Cc1c(C)nn(C)c1C. The molecule has 0 saturated carbocycles. The van der Waals surface area contributed by atoms with Crippen molar-refractivity contribution in [2.75, 3.05) is 33.2 Å². The van der Waals surface area contributed by atoms with Gasteiger partial charge in [-0.3, -0.25) is 9.67 Å². The lowest BCUT2D eigenvalue weighted by molar-refractivity contribution is 0.289. The number of aryl methyl sites for hydroxylation is 2. The van der Waals surface area contributed by atoms with E-state index >= 15 is 0 Å². The summed E-state index contributed by atoms with van der Waals surface area (Å²) >= 11 is 0. The molecule has 1 saturated heterocycles. The highest BCUT2D eigenvalue weighted by Crippen LogP contribution is 2.14. The van der Waals surface area contributed by atoms with Crippen LogP contribution in [-0.4, -0.2) is 59.9 Å². The number of aliphatic imine (C=N–C) groups is 1. The molecule has 6 heteroatoms. The minimum Gasteiger partial charge on any atom is -0.355 e. The molecule has 1 aromatic rings. The molecule has 0 aliphatic carbocycles. The number of hydrogen-bond acceptors (Lipinski definition) is 3. The third-order valence-electron chi connectivity index (χ3n) is 5.20. The molecule has 1 fully saturated rings. The van der Waals surface area contributed by atoms with Gasteiger partial charge in [0.25, 0.3) is 0 Å². The lowest BCUT2D eigenvalue weighted by Crippen LogP contribution is -2.45. The van der Waals surface area contributed by atoms with Gasteiger partial charge < -0.3 is 15.5 Å². The van der Waals surface area contributed by atoms with Gasteiger partial charge in [0.15, 0.2) is 5.96 Å². The number of guanidine groups is 1. The van der Waals surface area contributed by atoms with Crippen LogP contribution in [0.2, 0.25) is 0 Å². The standard InChI is InChI=1S/C19H36N6/c1-15(14-18-16(2)23-24(5)17(18)3)22-19(20-4)21-10-13-25-11-8-6-7-9-12-25/h15H,6-14H2,1-5H3,(H2,20,21,22). The monoisotopic (exact) mass is 348 g/mol. The number of nitrogens with zero attached hydrogens (tertiary/aromatic N) is 4. The van der Waals surface area contributed by atoms with E-state index in [0.717, 1.165) is 31.2 Å². The molecule has 0 amide bonds. The lowest BCUT2D eigenvalue weighted by atomic mass is 10.1. The van der Waals surface area contributed by atoms with E-state index in [2.05, 4.69) is 46.4 Å². The van der Waals surface area contributed by atoms with Crippen LogP contribution in [0.15, 0.2) is 4.99 Å². The third-order valence-corrected chi connectivity index (χ3v) is 5.20. The maximum Gasteiger partial charge on any atom is 0.191 e. The smallest absolute Gasteiger partial charge is 0.191 e. The molecule has 2 heterocycles. The van der Waals surface area contributed by atoms with E-state index in [1.54, 1.807) is 0 Å². The van der Waals surface area contributed by atoms with E-state index in [-0.39, 0.29) is 0 Å². The van der Waals surface area contributed by atoms with Gasteiger partial charge in [0.05, 0.1) is 5.69 Å². The molecule has 0 aromatic carbocycles. The molecule has 2 rings (SSSR count). The largest absolute Gasteiger partial charge is 0.355 e. The molecule has 25 heavy (non-hydrogen) atoms. The molecule has 1 atom stereocenters. The van der Waals surface area contributed by atoms with Gasteiger partial charge in [-0.05, 0) is 58.7 Å². The Labute approximate surface area is 153 Å². The van der Waals surface area contributed by atoms with Crippen LogP contribution in [-0.2, 0) is 13.5 Å². The van der Waals surface area contributed by atoms with Crippen molar-refractivity contribution in [1.29, 1.82) is 0 Å². The van der Waals surface area contributed by atoms with E-state index in [1.807, 2.05) is 18.8 Å². The average molecular weight is 349 g/mol. The molecule has 1 unspecified atom stereocenters. The van der Waals surface area contributed by atoms with Crippen molar-refractivity contribution in [2.24, 2.45) is 12.0 Å². The second-order valence-electron chi connectivity index (χ2n) is 7.28. The first-order valence-corrected chi connectivity index (χ1v) is 9.70. The first-order valence-electron chi connectivity index (χ1n) is 9.70. The summed E-state index contributed by atoms with van der Waals surface area (Å²) in [6, 6.07) is 0.311. The lowest BCUT2D eigenvalue weighted by Gasteiger charge is -2.22. The maximum absolute atomic E-state index is 4.51. The first kappa shape index (κ1) is 19.8. The molecule has 142 valence electrons. The van der Waals surface area contributed by atoms with Crippen molar-refractivity contribution in [3.63, 3.8) is 0 Å². The van der Waals surface area contributed by atoms with Crippen LogP contribution in [0.5, 0.6) is 0 Å². The Hall–Kier alpha value is -1.56. The number of hydrogen-bond donors (Lipinski definition) is 2. The number of rotatable bonds is 6. The van der Waals surface area contributed by atoms with Gasteiger partial charge in [0, 0.05) is 38.9 Å². The van der Waals surface area contributed by atoms with Gasteiger partial charge in [0.2, 0.25) is 0 Å². The molecule has 0 radical (unpaired) electrons. The zero-order chi connectivity index (χ0) is 18.2. The highest BCUT2D eigenvalue weighted by atomic mass is 15.3. The average Bonchev–Trinajstić information content (AvgIpc) is 2.79. The summed E-state index contributed by atoms with van der Waals surface area (Å²) in [5, 5.41) is 11.5. The summed E-state index contributed by atoms with van der Waals surface area (Å²) in [4.78, 5) is 6.94. The number of aromatic nitrogens is 2.